The maximum atomic E-state index is 10.3. The summed E-state index contributed by atoms with van der Waals surface area (Å²) < 4.78 is 0. The molecular weight excluding hydrogens is 148 g/mol. The molecule has 0 aliphatic carbocycles. The molecule has 0 fully saturated rings. The third-order valence-corrected chi connectivity index (χ3v) is 1.86. The van der Waals surface area contributed by atoms with Gasteiger partial charge in [0.2, 0.25) is 0 Å². The van der Waals surface area contributed by atoms with E-state index in [1.807, 2.05) is 18.4 Å². The number of nitrogens with two attached hydrogens (primary N) is 1. The van der Waals surface area contributed by atoms with Gasteiger partial charge in [-0.1, -0.05) is 0 Å². The zero-order chi connectivity index (χ0) is 7.56. The van der Waals surface area contributed by atoms with Crippen LogP contribution >= 0.6 is 11.3 Å². The maximum absolute atomic E-state index is 10.3. The highest BCUT2D eigenvalue weighted by molar-refractivity contribution is 7.10. The second-order valence-electron chi connectivity index (χ2n) is 1.94. The molecule has 4 heteroatoms. The molecule has 0 aliphatic heterocycles. The van der Waals surface area contributed by atoms with Gasteiger partial charge in [-0.25, -0.2) is 4.79 Å². The lowest BCUT2D eigenvalue weighted by atomic mass is 10.4. The van der Waals surface area contributed by atoms with Gasteiger partial charge in [0.15, 0.2) is 0 Å². The molecule has 0 bridgehead atoms. The van der Waals surface area contributed by atoms with Crippen LogP contribution in [0, 0.1) is 6.92 Å². The van der Waals surface area contributed by atoms with E-state index in [1.165, 1.54) is 0 Å². The van der Waals surface area contributed by atoms with E-state index in [9.17, 15) is 4.79 Å². The van der Waals surface area contributed by atoms with Crippen molar-refractivity contribution in [3.05, 3.63) is 16.3 Å². The van der Waals surface area contributed by atoms with Gasteiger partial charge in [0.05, 0.1) is 5.69 Å². The standard InChI is InChI=1S/C6H8N2OS/c1-4-2-5(3-10-4)8-6(7)9/h2-3H,1H3,(H3,7,8,9). The molecule has 0 aliphatic rings. The van der Waals surface area contributed by atoms with Crippen molar-refractivity contribution in [1.82, 2.24) is 0 Å². The highest BCUT2D eigenvalue weighted by Gasteiger charge is 1.96. The Hall–Kier alpha value is -1.03. The van der Waals surface area contributed by atoms with Crippen molar-refractivity contribution in [2.45, 2.75) is 6.92 Å². The molecule has 0 atom stereocenters. The lowest BCUT2D eigenvalue weighted by Crippen LogP contribution is -2.18. The summed E-state index contributed by atoms with van der Waals surface area (Å²) >= 11 is 1.58. The Bertz CT molecular complexity index is 244. The molecule has 1 aromatic rings. The number of anilines is 1. The normalized spacial score (nSPS) is 9.30. The zero-order valence-corrected chi connectivity index (χ0v) is 6.37. The number of aryl methyl sites for hydroxylation is 1. The summed E-state index contributed by atoms with van der Waals surface area (Å²) in [4.78, 5) is 11.4. The van der Waals surface area contributed by atoms with Gasteiger partial charge in [0.25, 0.3) is 0 Å². The largest absolute Gasteiger partial charge is 0.351 e. The van der Waals surface area contributed by atoms with E-state index in [-0.39, 0.29) is 0 Å². The Balaban J connectivity index is 2.67. The van der Waals surface area contributed by atoms with E-state index >= 15 is 0 Å². The fourth-order valence-electron chi connectivity index (χ4n) is 0.651. The molecule has 3 N–H and O–H groups in total. The van der Waals surface area contributed by atoms with Gasteiger partial charge < -0.3 is 11.1 Å². The van der Waals surface area contributed by atoms with Crippen LogP contribution in [0.5, 0.6) is 0 Å². The molecule has 2 amide bonds. The van der Waals surface area contributed by atoms with E-state index < -0.39 is 6.03 Å². The predicted octanol–water partition coefficient (Wildman–Crippen LogP) is 1.55. The number of primary amides is 1. The van der Waals surface area contributed by atoms with Crippen LogP contribution in [-0.2, 0) is 0 Å². The minimum Gasteiger partial charge on any atom is -0.351 e. The van der Waals surface area contributed by atoms with Crippen molar-refractivity contribution < 1.29 is 4.79 Å². The maximum Gasteiger partial charge on any atom is 0.316 e. The average Bonchev–Trinajstić information content (AvgIpc) is 2.13. The zero-order valence-electron chi connectivity index (χ0n) is 5.55. The minimum atomic E-state index is -0.516. The fraction of sp³-hybridized carbons (Fsp3) is 0.167. The van der Waals surface area contributed by atoms with E-state index in [1.54, 1.807) is 11.3 Å². The molecule has 54 valence electrons. The van der Waals surface area contributed by atoms with Crippen LogP contribution in [0.4, 0.5) is 10.5 Å². The van der Waals surface area contributed by atoms with E-state index in [0.29, 0.717) is 0 Å². The number of hydrogen-bond acceptors (Lipinski definition) is 2. The van der Waals surface area contributed by atoms with Gasteiger partial charge >= 0.3 is 6.03 Å². The van der Waals surface area contributed by atoms with E-state index in [0.717, 1.165) is 10.6 Å². The summed E-state index contributed by atoms with van der Waals surface area (Å²) in [5, 5.41) is 4.32. The monoisotopic (exact) mass is 156 g/mol. The summed E-state index contributed by atoms with van der Waals surface area (Å²) in [6.45, 7) is 1.97. The third kappa shape index (κ3) is 1.73. The lowest BCUT2D eigenvalue weighted by Gasteiger charge is -1.93. The summed E-state index contributed by atoms with van der Waals surface area (Å²) in [6.07, 6.45) is 0. The van der Waals surface area contributed by atoms with Crippen LogP contribution < -0.4 is 11.1 Å². The second-order valence-corrected chi connectivity index (χ2v) is 3.05. The highest BCUT2D eigenvalue weighted by Crippen LogP contribution is 2.17. The molecule has 0 saturated heterocycles. The number of carbonyl (C=O) groups is 1. The van der Waals surface area contributed by atoms with Gasteiger partial charge in [-0.3, -0.25) is 0 Å². The minimum absolute atomic E-state index is 0.516. The summed E-state index contributed by atoms with van der Waals surface area (Å²) in [5.74, 6) is 0. The van der Waals surface area contributed by atoms with Gasteiger partial charge in [0.1, 0.15) is 0 Å². The number of urea groups is 1. The van der Waals surface area contributed by atoms with Crippen molar-refractivity contribution >= 4 is 23.1 Å². The van der Waals surface area contributed by atoms with Crippen molar-refractivity contribution in [2.24, 2.45) is 5.73 Å². The van der Waals surface area contributed by atoms with Gasteiger partial charge in [-0.2, -0.15) is 0 Å². The number of amides is 2. The molecule has 1 heterocycles. The first kappa shape index (κ1) is 7.08. The van der Waals surface area contributed by atoms with Crippen LogP contribution in [0.3, 0.4) is 0 Å². The highest BCUT2D eigenvalue weighted by atomic mass is 32.1. The number of rotatable bonds is 1. The number of carbonyl (C=O) groups excluding carboxylic acids is 1. The SMILES string of the molecule is Cc1cc(NC(N)=O)cs1. The number of hydrogen-bond donors (Lipinski definition) is 2. The molecule has 3 nitrogen and oxygen atoms in total. The van der Waals surface area contributed by atoms with Crippen LogP contribution in [-0.4, -0.2) is 6.03 Å². The van der Waals surface area contributed by atoms with Gasteiger partial charge in [-0.05, 0) is 13.0 Å². The average molecular weight is 156 g/mol. The summed E-state index contributed by atoms with van der Waals surface area (Å²) in [5.41, 5.74) is 5.66. The van der Waals surface area contributed by atoms with Gasteiger partial charge in [-0.15, -0.1) is 11.3 Å². The van der Waals surface area contributed by atoms with Gasteiger partial charge in [0, 0.05) is 10.3 Å². The van der Waals surface area contributed by atoms with Crippen LogP contribution in [0.25, 0.3) is 0 Å². The Morgan fingerprint density at radius 1 is 1.80 bits per heavy atom. The number of thiophene rings is 1. The summed E-state index contributed by atoms with van der Waals surface area (Å²) in [7, 11) is 0. The number of nitrogens with one attached hydrogen (secondary N) is 1. The summed E-state index contributed by atoms with van der Waals surface area (Å²) in [6, 6.07) is 1.35. The molecule has 0 unspecified atom stereocenters. The Morgan fingerprint density at radius 3 is 2.90 bits per heavy atom. The topological polar surface area (TPSA) is 55.1 Å². The Labute approximate surface area is 62.9 Å². The van der Waals surface area contributed by atoms with Crippen LogP contribution in [0.2, 0.25) is 0 Å². The quantitative estimate of drug-likeness (QED) is 0.636. The molecule has 0 saturated carbocycles. The van der Waals surface area contributed by atoms with Crippen molar-refractivity contribution in [2.75, 3.05) is 5.32 Å². The molecule has 0 aromatic carbocycles. The molecule has 0 spiro atoms. The smallest absolute Gasteiger partial charge is 0.316 e. The van der Waals surface area contributed by atoms with Crippen LogP contribution in [0.15, 0.2) is 11.4 Å². The fourth-order valence-corrected chi connectivity index (χ4v) is 1.29. The Morgan fingerprint density at radius 2 is 2.50 bits per heavy atom. The Kier molecular flexibility index (Phi) is 1.91. The molecule has 1 rings (SSSR count). The first-order chi connectivity index (χ1) is 4.68. The molecule has 0 radical (unpaired) electrons. The van der Waals surface area contributed by atoms with E-state index in [2.05, 4.69) is 5.32 Å². The van der Waals surface area contributed by atoms with Crippen LogP contribution in [0.1, 0.15) is 4.88 Å². The molecular formula is C6H8N2OS. The molecule has 1 aromatic heterocycles. The first-order valence-electron chi connectivity index (χ1n) is 2.80. The van der Waals surface area contributed by atoms with Crippen molar-refractivity contribution in [3.8, 4) is 0 Å². The lowest BCUT2D eigenvalue weighted by molar-refractivity contribution is 0.259. The van der Waals surface area contributed by atoms with Crippen molar-refractivity contribution in [3.63, 3.8) is 0 Å². The molecule has 10 heavy (non-hydrogen) atoms. The van der Waals surface area contributed by atoms with Crippen molar-refractivity contribution in [1.29, 1.82) is 0 Å². The van der Waals surface area contributed by atoms with E-state index in [4.69, 9.17) is 5.73 Å². The predicted molar refractivity (Wildman–Crippen MR) is 42.3 cm³/mol. The second kappa shape index (κ2) is 2.70. The third-order valence-electron chi connectivity index (χ3n) is 0.998. The first-order valence-corrected chi connectivity index (χ1v) is 3.68.